The molecule has 1 aliphatic heterocycles. The maximum Gasteiger partial charge on any atom is 0.223 e. The summed E-state index contributed by atoms with van der Waals surface area (Å²) < 4.78 is 26.7. The Morgan fingerprint density at radius 1 is 1.34 bits per heavy atom. The number of hydrogen-bond donors (Lipinski definition) is 2. The molecule has 2 aromatic rings. The third-order valence-corrected chi connectivity index (χ3v) is 5.29. The normalized spacial score (nSPS) is 17.9. The van der Waals surface area contributed by atoms with E-state index in [1.165, 1.54) is 17.7 Å². The van der Waals surface area contributed by atoms with Crippen molar-refractivity contribution >= 4 is 18.2 Å². The Morgan fingerprint density at radius 2 is 2.12 bits per heavy atom. The average molecular weight is 441 g/mol. The lowest BCUT2D eigenvalue weighted by molar-refractivity contribution is 0.188. The lowest BCUT2D eigenvalue weighted by atomic mass is 10.1. The molecule has 1 aliphatic rings. The van der Waals surface area contributed by atoms with Gasteiger partial charge in [0.05, 0.1) is 5.69 Å². The zero-order valence-electron chi connectivity index (χ0n) is 18.6. The van der Waals surface area contributed by atoms with E-state index >= 15 is 0 Å². The Kier molecular flexibility index (Phi) is 8.58. The van der Waals surface area contributed by atoms with Crippen LogP contribution in [0.25, 0.3) is 5.57 Å². The molecule has 1 atom stereocenters. The molecule has 1 aromatic carbocycles. The van der Waals surface area contributed by atoms with Crippen LogP contribution in [0.4, 0.5) is 14.7 Å². The second-order valence-electron chi connectivity index (χ2n) is 8.00. The molecule has 170 valence electrons. The van der Waals surface area contributed by atoms with Gasteiger partial charge in [-0.1, -0.05) is 11.6 Å². The maximum absolute atomic E-state index is 13.3. The van der Waals surface area contributed by atoms with Crippen LogP contribution < -0.4 is 10.6 Å². The summed E-state index contributed by atoms with van der Waals surface area (Å²) in [5.74, 6) is -0.722. The van der Waals surface area contributed by atoms with Crippen LogP contribution in [-0.4, -0.2) is 60.4 Å². The zero-order chi connectivity index (χ0) is 22.9. The second kappa shape index (κ2) is 11.6. The van der Waals surface area contributed by atoms with E-state index in [-0.39, 0.29) is 0 Å². The Labute approximate surface area is 188 Å². The SMILES string of the molecule is C=N/C=C(\C=C(/C)CN1CCNC[C@@H]1C)c1ccnc(NCCc2cc(F)cc(F)c2)n1. The monoisotopic (exact) mass is 440 g/mol. The summed E-state index contributed by atoms with van der Waals surface area (Å²) in [4.78, 5) is 15.2. The Morgan fingerprint density at radius 3 is 2.84 bits per heavy atom. The number of aliphatic imine (C=N–C) groups is 1. The number of piperazine rings is 1. The van der Waals surface area contributed by atoms with Crippen LogP contribution in [0.2, 0.25) is 0 Å². The zero-order valence-corrected chi connectivity index (χ0v) is 18.6. The first-order valence-corrected chi connectivity index (χ1v) is 10.7. The average Bonchev–Trinajstić information content (AvgIpc) is 2.75. The molecule has 3 rings (SSSR count). The topological polar surface area (TPSA) is 65.4 Å². The Hall–Kier alpha value is -2.97. The van der Waals surface area contributed by atoms with Crippen molar-refractivity contribution in [1.29, 1.82) is 0 Å². The molecule has 1 saturated heterocycles. The van der Waals surface area contributed by atoms with E-state index in [0.29, 0.717) is 30.5 Å². The third-order valence-electron chi connectivity index (χ3n) is 5.29. The summed E-state index contributed by atoms with van der Waals surface area (Å²) in [6, 6.07) is 5.82. The van der Waals surface area contributed by atoms with Crippen molar-refractivity contribution in [1.82, 2.24) is 20.2 Å². The van der Waals surface area contributed by atoms with Crippen molar-refractivity contribution < 1.29 is 8.78 Å². The molecule has 32 heavy (non-hydrogen) atoms. The minimum atomic E-state index is -0.581. The standard InChI is InChI=1S/C24H30F2N6/c1-17(16-32-9-8-28-14-18(32)2)10-20(15-27-3)23-5-7-30-24(31-23)29-6-4-19-11-21(25)13-22(26)12-19/h5,7,10-13,15,18,28H,3-4,6,8-9,14,16H2,1-2H3,(H,29,30,31)/b17-10+,20-15+/t18-/m0/s1. The van der Waals surface area contributed by atoms with E-state index in [9.17, 15) is 8.78 Å². The first kappa shape index (κ1) is 23.7. The van der Waals surface area contributed by atoms with Crippen LogP contribution in [0.3, 0.4) is 0 Å². The van der Waals surface area contributed by atoms with E-state index in [1.54, 1.807) is 12.4 Å². The molecule has 0 unspecified atom stereocenters. The molecule has 0 amide bonds. The van der Waals surface area contributed by atoms with Crippen LogP contribution in [0.1, 0.15) is 25.1 Å². The number of anilines is 1. The fourth-order valence-corrected chi connectivity index (χ4v) is 3.70. The molecule has 0 bridgehead atoms. The van der Waals surface area contributed by atoms with Crippen LogP contribution in [0, 0.1) is 11.6 Å². The Balaban J connectivity index is 1.66. The third kappa shape index (κ3) is 7.03. The smallest absolute Gasteiger partial charge is 0.223 e. The lowest BCUT2D eigenvalue weighted by Gasteiger charge is -2.34. The molecule has 0 spiro atoms. The molecular weight excluding hydrogens is 410 g/mol. The maximum atomic E-state index is 13.3. The number of rotatable bonds is 9. The van der Waals surface area contributed by atoms with Crippen molar-refractivity contribution in [3.8, 4) is 0 Å². The second-order valence-corrected chi connectivity index (χ2v) is 8.00. The van der Waals surface area contributed by atoms with Gasteiger partial charge in [-0.3, -0.25) is 9.89 Å². The molecule has 0 saturated carbocycles. The predicted octanol–water partition coefficient (Wildman–Crippen LogP) is 3.69. The highest BCUT2D eigenvalue weighted by molar-refractivity contribution is 5.73. The van der Waals surface area contributed by atoms with Crippen molar-refractivity contribution in [2.45, 2.75) is 26.3 Å². The largest absolute Gasteiger partial charge is 0.354 e. The number of aromatic nitrogens is 2. The summed E-state index contributed by atoms with van der Waals surface area (Å²) in [7, 11) is 0. The van der Waals surface area contributed by atoms with E-state index in [0.717, 1.165) is 43.5 Å². The molecule has 8 heteroatoms. The van der Waals surface area contributed by atoms with Crippen LogP contribution >= 0.6 is 0 Å². The molecular formula is C24H30F2N6. The summed E-state index contributed by atoms with van der Waals surface area (Å²) in [5.41, 5.74) is 3.34. The molecule has 2 heterocycles. The Bertz CT molecular complexity index is 968. The van der Waals surface area contributed by atoms with Gasteiger partial charge in [0.15, 0.2) is 0 Å². The van der Waals surface area contributed by atoms with Gasteiger partial charge in [0.2, 0.25) is 5.95 Å². The highest BCUT2D eigenvalue weighted by Crippen LogP contribution is 2.18. The van der Waals surface area contributed by atoms with Gasteiger partial charge in [-0.25, -0.2) is 18.7 Å². The van der Waals surface area contributed by atoms with Crippen molar-refractivity contribution in [3.63, 3.8) is 0 Å². The van der Waals surface area contributed by atoms with Crippen LogP contribution in [0.15, 0.2) is 53.3 Å². The van der Waals surface area contributed by atoms with E-state index in [2.05, 4.69) is 57.1 Å². The summed E-state index contributed by atoms with van der Waals surface area (Å²) >= 11 is 0. The van der Waals surface area contributed by atoms with Crippen LogP contribution in [-0.2, 0) is 6.42 Å². The quantitative estimate of drug-likeness (QED) is 0.460. The van der Waals surface area contributed by atoms with Gasteiger partial charge in [0.1, 0.15) is 11.6 Å². The van der Waals surface area contributed by atoms with Gasteiger partial charge >= 0.3 is 0 Å². The van der Waals surface area contributed by atoms with E-state index in [1.807, 2.05) is 6.07 Å². The molecule has 0 radical (unpaired) electrons. The van der Waals surface area contributed by atoms with Gasteiger partial charge < -0.3 is 10.6 Å². The molecule has 0 aliphatic carbocycles. The lowest BCUT2D eigenvalue weighted by Crippen LogP contribution is -2.50. The van der Waals surface area contributed by atoms with E-state index < -0.39 is 11.6 Å². The van der Waals surface area contributed by atoms with Crippen molar-refractivity contribution in [3.05, 3.63) is 71.2 Å². The minimum Gasteiger partial charge on any atom is -0.354 e. The number of nitrogens with zero attached hydrogens (tertiary/aromatic N) is 4. The number of benzene rings is 1. The number of halogens is 2. The fraction of sp³-hybridized carbons (Fsp3) is 0.375. The highest BCUT2D eigenvalue weighted by Gasteiger charge is 2.17. The number of allylic oxidation sites excluding steroid dienone is 2. The summed E-state index contributed by atoms with van der Waals surface area (Å²) in [6.45, 7) is 12.2. The molecule has 1 aromatic heterocycles. The van der Waals surface area contributed by atoms with Gasteiger partial charge in [-0.15, -0.1) is 0 Å². The molecule has 1 fully saturated rings. The van der Waals surface area contributed by atoms with Gasteiger partial charge in [0.25, 0.3) is 0 Å². The number of nitrogens with one attached hydrogen (secondary N) is 2. The van der Waals surface area contributed by atoms with Crippen molar-refractivity contribution in [2.75, 3.05) is 38.0 Å². The van der Waals surface area contributed by atoms with E-state index in [4.69, 9.17) is 0 Å². The van der Waals surface area contributed by atoms with Gasteiger partial charge in [-0.2, -0.15) is 0 Å². The van der Waals surface area contributed by atoms with Crippen molar-refractivity contribution in [2.24, 2.45) is 4.99 Å². The fourth-order valence-electron chi connectivity index (χ4n) is 3.70. The predicted molar refractivity (Wildman–Crippen MR) is 126 cm³/mol. The van der Waals surface area contributed by atoms with Gasteiger partial charge in [0, 0.05) is 62.8 Å². The van der Waals surface area contributed by atoms with Crippen LogP contribution in [0.5, 0.6) is 0 Å². The van der Waals surface area contributed by atoms with Gasteiger partial charge in [-0.05, 0) is 50.7 Å². The highest BCUT2D eigenvalue weighted by atomic mass is 19.1. The summed E-state index contributed by atoms with van der Waals surface area (Å²) in [6.07, 6.45) is 5.88. The first-order chi connectivity index (χ1) is 15.4. The minimum absolute atomic E-state index is 0.441. The number of hydrogen-bond acceptors (Lipinski definition) is 6. The molecule has 6 nitrogen and oxygen atoms in total. The molecule has 2 N–H and O–H groups in total. The first-order valence-electron chi connectivity index (χ1n) is 10.7. The summed E-state index contributed by atoms with van der Waals surface area (Å²) in [5, 5.41) is 6.52.